The molecule has 8 nitrogen and oxygen atoms in total. The van der Waals surface area contributed by atoms with Crippen molar-refractivity contribution in [3.8, 4) is 0 Å². The lowest BCUT2D eigenvalue weighted by Crippen LogP contribution is -2.40. The van der Waals surface area contributed by atoms with E-state index in [4.69, 9.17) is 4.74 Å². The molecule has 30 heavy (non-hydrogen) atoms. The van der Waals surface area contributed by atoms with Crippen molar-refractivity contribution in [2.75, 3.05) is 32.8 Å². The number of likely N-dealkylation sites (tertiary alicyclic amines) is 1. The highest BCUT2D eigenvalue weighted by molar-refractivity contribution is 7.00. The molecule has 0 bridgehead atoms. The third kappa shape index (κ3) is 3.54. The van der Waals surface area contributed by atoms with Gasteiger partial charge in [-0.2, -0.15) is 8.75 Å². The predicted molar refractivity (Wildman–Crippen MR) is 111 cm³/mol. The fourth-order valence-electron chi connectivity index (χ4n) is 4.08. The standard InChI is InChI=1S/C21H21N5O3S/c27-20(25-8-10-29-11-9-25)15-4-6-17(22-13-15)19-2-1-7-26(19)21(28)14-3-5-16-18(12-14)24-30-23-16/h3-6,12-13,19H,1-2,7-11H2/t19-/m0/s1. The molecule has 2 fully saturated rings. The van der Waals surface area contributed by atoms with Crippen LogP contribution in [-0.2, 0) is 4.74 Å². The zero-order chi connectivity index (χ0) is 20.5. The van der Waals surface area contributed by atoms with Crippen LogP contribution < -0.4 is 0 Å². The highest BCUT2D eigenvalue weighted by Crippen LogP contribution is 2.32. The van der Waals surface area contributed by atoms with Crippen molar-refractivity contribution in [2.24, 2.45) is 0 Å². The first-order chi connectivity index (χ1) is 14.7. The Morgan fingerprint density at radius 2 is 1.77 bits per heavy atom. The summed E-state index contributed by atoms with van der Waals surface area (Å²) < 4.78 is 13.7. The third-order valence-electron chi connectivity index (χ3n) is 5.69. The van der Waals surface area contributed by atoms with Crippen LogP contribution in [0.4, 0.5) is 0 Å². The molecule has 9 heteroatoms. The fourth-order valence-corrected chi connectivity index (χ4v) is 4.59. The maximum atomic E-state index is 13.2. The van der Waals surface area contributed by atoms with Gasteiger partial charge < -0.3 is 14.5 Å². The van der Waals surface area contributed by atoms with Gasteiger partial charge in [-0.3, -0.25) is 14.6 Å². The summed E-state index contributed by atoms with van der Waals surface area (Å²) in [5.41, 5.74) is 3.54. The van der Waals surface area contributed by atoms with Crippen LogP contribution in [0.25, 0.3) is 11.0 Å². The van der Waals surface area contributed by atoms with Crippen LogP contribution in [-0.4, -0.2) is 68.2 Å². The summed E-state index contributed by atoms with van der Waals surface area (Å²) in [6.45, 7) is 3.03. The van der Waals surface area contributed by atoms with Crippen LogP contribution in [0.5, 0.6) is 0 Å². The second-order valence-electron chi connectivity index (χ2n) is 7.50. The minimum atomic E-state index is -0.0886. The van der Waals surface area contributed by atoms with Gasteiger partial charge in [0.25, 0.3) is 11.8 Å². The number of benzene rings is 1. The van der Waals surface area contributed by atoms with E-state index in [9.17, 15) is 9.59 Å². The first kappa shape index (κ1) is 19.1. The van der Waals surface area contributed by atoms with Crippen molar-refractivity contribution in [1.29, 1.82) is 0 Å². The number of carbonyl (C=O) groups is 2. The Labute approximate surface area is 177 Å². The topological polar surface area (TPSA) is 88.5 Å². The second kappa shape index (κ2) is 8.08. The Kier molecular flexibility index (Phi) is 5.14. The molecule has 1 atom stereocenters. The molecule has 0 radical (unpaired) electrons. The number of morpholine rings is 1. The van der Waals surface area contributed by atoms with Crippen molar-refractivity contribution in [3.05, 3.63) is 53.3 Å². The van der Waals surface area contributed by atoms with Gasteiger partial charge in [0, 0.05) is 31.4 Å². The lowest BCUT2D eigenvalue weighted by molar-refractivity contribution is 0.0302. The Balaban J connectivity index is 1.34. The number of hydrogen-bond donors (Lipinski definition) is 0. The van der Waals surface area contributed by atoms with E-state index in [0.29, 0.717) is 44.0 Å². The molecule has 5 rings (SSSR count). The Morgan fingerprint density at radius 3 is 2.57 bits per heavy atom. The largest absolute Gasteiger partial charge is 0.378 e. The number of fused-ring (bicyclic) bond motifs is 1. The molecular weight excluding hydrogens is 402 g/mol. The number of rotatable bonds is 3. The van der Waals surface area contributed by atoms with Crippen LogP contribution >= 0.6 is 11.7 Å². The monoisotopic (exact) mass is 423 g/mol. The van der Waals surface area contributed by atoms with Crippen LogP contribution in [0.3, 0.4) is 0 Å². The van der Waals surface area contributed by atoms with E-state index < -0.39 is 0 Å². The van der Waals surface area contributed by atoms with Gasteiger partial charge in [-0.1, -0.05) is 0 Å². The Hall–Kier alpha value is -2.91. The first-order valence-corrected chi connectivity index (χ1v) is 10.8. The number of nitrogens with zero attached hydrogens (tertiary/aromatic N) is 5. The van der Waals surface area contributed by atoms with E-state index in [-0.39, 0.29) is 17.9 Å². The molecule has 0 unspecified atom stereocenters. The van der Waals surface area contributed by atoms with E-state index in [1.807, 2.05) is 23.1 Å². The molecule has 2 amide bonds. The number of aromatic nitrogens is 3. The quantitative estimate of drug-likeness (QED) is 0.643. The second-order valence-corrected chi connectivity index (χ2v) is 8.03. The Bertz CT molecular complexity index is 1080. The van der Waals surface area contributed by atoms with Crippen molar-refractivity contribution in [2.45, 2.75) is 18.9 Å². The van der Waals surface area contributed by atoms with Gasteiger partial charge in [0.15, 0.2) is 0 Å². The molecule has 2 saturated heterocycles. The van der Waals surface area contributed by atoms with Gasteiger partial charge in [0.2, 0.25) is 0 Å². The molecule has 0 N–H and O–H groups in total. The normalized spacial score (nSPS) is 19.4. The zero-order valence-corrected chi connectivity index (χ0v) is 17.2. The van der Waals surface area contributed by atoms with Crippen LogP contribution in [0.15, 0.2) is 36.5 Å². The number of amides is 2. The molecule has 2 aliphatic heterocycles. The van der Waals surface area contributed by atoms with E-state index >= 15 is 0 Å². The summed E-state index contributed by atoms with van der Waals surface area (Å²) in [6.07, 6.45) is 3.41. The summed E-state index contributed by atoms with van der Waals surface area (Å²) in [7, 11) is 0. The predicted octanol–water partition coefficient (Wildman–Crippen LogP) is 2.54. The number of ether oxygens (including phenoxy) is 1. The highest BCUT2D eigenvalue weighted by atomic mass is 32.1. The maximum absolute atomic E-state index is 13.2. The smallest absolute Gasteiger partial charge is 0.255 e. The minimum Gasteiger partial charge on any atom is -0.378 e. The van der Waals surface area contributed by atoms with Gasteiger partial charge in [-0.25, -0.2) is 0 Å². The van der Waals surface area contributed by atoms with E-state index in [2.05, 4.69) is 13.7 Å². The lowest BCUT2D eigenvalue weighted by atomic mass is 10.1. The molecule has 4 heterocycles. The van der Waals surface area contributed by atoms with Crippen molar-refractivity contribution >= 4 is 34.6 Å². The molecule has 1 aromatic carbocycles. The Morgan fingerprint density at radius 1 is 0.967 bits per heavy atom. The summed E-state index contributed by atoms with van der Waals surface area (Å²) >= 11 is 1.14. The average molecular weight is 423 g/mol. The lowest BCUT2D eigenvalue weighted by Gasteiger charge is -2.27. The number of hydrogen-bond acceptors (Lipinski definition) is 7. The molecule has 0 spiro atoms. The molecule has 0 aliphatic carbocycles. The van der Waals surface area contributed by atoms with Crippen molar-refractivity contribution in [1.82, 2.24) is 23.5 Å². The van der Waals surface area contributed by atoms with Gasteiger partial charge in [-0.15, -0.1) is 0 Å². The number of pyridine rings is 1. The van der Waals surface area contributed by atoms with Crippen LogP contribution in [0.1, 0.15) is 45.3 Å². The zero-order valence-electron chi connectivity index (χ0n) is 16.4. The first-order valence-electron chi connectivity index (χ1n) is 10.1. The van der Waals surface area contributed by atoms with Crippen LogP contribution in [0.2, 0.25) is 0 Å². The highest BCUT2D eigenvalue weighted by Gasteiger charge is 2.32. The van der Waals surface area contributed by atoms with Gasteiger partial charge >= 0.3 is 0 Å². The van der Waals surface area contributed by atoms with Gasteiger partial charge in [-0.05, 0) is 43.2 Å². The molecule has 2 aromatic heterocycles. The summed E-state index contributed by atoms with van der Waals surface area (Å²) in [5, 5.41) is 0. The summed E-state index contributed by atoms with van der Waals surface area (Å²) in [6, 6.07) is 9.04. The SMILES string of the molecule is O=C(c1ccc([C@@H]2CCCN2C(=O)c2ccc3nsnc3c2)nc1)N1CCOCC1. The molecule has 154 valence electrons. The maximum Gasteiger partial charge on any atom is 0.255 e. The summed E-state index contributed by atoms with van der Waals surface area (Å²) in [5.74, 6) is -0.0513. The fraction of sp³-hybridized carbons (Fsp3) is 0.381. The molecule has 0 saturated carbocycles. The molecule has 3 aromatic rings. The van der Waals surface area contributed by atoms with E-state index in [1.54, 1.807) is 23.2 Å². The van der Waals surface area contributed by atoms with Crippen molar-refractivity contribution < 1.29 is 14.3 Å². The number of carbonyl (C=O) groups excluding carboxylic acids is 2. The third-order valence-corrected chi connectivity index (χ3v) is 6.24. The minimum absolute atomic E-state index is 0.0253. The van der Waals surface area contributed by atoms with E-state index in [0.717, 1.165) is 41.3 Å². The van der Waals surface area contributed by atoms with Gasteiger partial charge in [0.1, 0.15) is 11.0 Å². The summed E-state index contributed by atoms with van der Waals surface area (Å²) in [4.78, 5) is 34.0. The molecule has 2 aliphatic rings. The van der Waals surface area contributed by atoms with Crippen molar-refractivity contribution in [3.63, 3.8) is 0 Å². The van der Waals surface area contributed by atoms with E-state index in [1.165, 1.54) is 0 Å². The average Bonchev–Trinajstić information content (AvgIpc) is 3.48. The van der Waals surface area contributed by atoms with Crippen LogP contribution in [0, 0.1) is 0 Å². The molecular formula is C21H21N5O3S. The van der Waals surface area contributed by atoms with Gasteiger partial charge in [0.05, 0.1) is 42.2 Å².